The third kappa shape index (κ3) is 4.37. The Morgan fingerprint density at radius 2 is 1.67 bits per heavy atom. The zero-order chi connectivity index (χ0) is 23.3. The van der Waals surface area contributed by atoms with Crippen LogP contribution in [0, 0.1) is 17.8 Å². The zero-order valence-electron chi connectivity index (χ0n) is 18.8. The van der Waals surface area contributed by atoms with Crippen LogP contribution in [0.5, 0.6) is 0 Å². The van der Waals surface area contributed by atoms with E-state index in [1.807, 2.05) is 42.3 Å². The van der Waals surface area contributed by atoms with Crippen LogP contribution in [0.1, 0.15) is 37.8 Å². The van der Waals surface area contributed by atoms with Crippen LogP contribution in [0.4, 0.5) is 5.69 Å². The number of hydrogen-bond acceptors (Lipinski definition) is 3. The highest BCUT2D eigenvalue weighted by Crippen LogP contribution is 2.43. The first-order valence-corrected chi connectivity index (χ1v) is 12.6. The van der Waals surface area contributed by atoms with Crippen molar-refractivity contribution in [3.05, 3.63) is 63.1 Å². The molecule has 2 unspecified atom stereocenters. The van der Waals surface area contributed by atoms with Crippen LogP contribution in [0.2, 0.25) is 15.1 Å². The molecule has 2 aromatic carbocycles. The Hall–Kier alpha value is -1.79. The molecule has 2 heterocycles. The van der Waals surface area contributed by atoms with E-state index in [9.17, 15) is 4.79 Å². The Bertz CT molecular complexity index is 1090. The minimum Gasteiger partial charge on any atom is -0.263 e. The molecule has 2 aliphatic heterocycles. The van der Waals surface area contributed by atoms with Gasteiger partial charge < -0.3 is 0 Å². The Morgan fingerprint density at radius 3 is 2.30 bits per heavy atom. The van der Waals surface area contributed by atoms with Crippen molar-refractivity contribution in [2.24, 2.45) is 22.9 Å². The van der Waals surface area contributed by atoms with Gasteiger partial charge in [-0.25, -0.2) is 4.59 Å². The maximum absolute atomic E-state index is 13.5. The maximum atomic E-state index is 13.5. The Labute approximate surface area is 209 Å². The van der Waals surface area contributed by atoms with Crippen molar-refractivity contribution in [3.63, 3.8) is 0 Å². The molecule has 2 aromatic rings. The molecule has 33 heavy (non-hydrogen) atoms. The molecule has 2 fully saturated rings. The summed E-state index contributed by atoms with van der Waals surface area (Å²) in [6, 6.07) is 12.8. The molecule has 4 atom stereocenters. The SMILES string of the molecule is C[C@@H]1C(C(=O)N[N+]2(C)CC3CCCC3C2)=NN(c2ccc(Cl)cc2Cl)[C@H]1c1ccc(Cl)cc1. The largest absolute Gasteiger partial charge is 0.312 e. The van der Waals surface area contributed by atoms with Gasteiger partial charge in [-0.15, -0.1) is 0 Å². The molecule has 1 saturated heterocycles. The zero-order valence-corrected chi connectivity index (χ0v) is 21.0. The molecule has 174 valence electrons. The lowest BCUT2D eigenvalue weighted by atomic mass is 9.91. The van der Waals surface area contributed by atoms with Crippen molar-refractivity contribution in [2.75, 3.05) is 25.1 Å². The van der Waals surface area contributed by atoms with Crippen LogP contribution in [0.3, 0.4) is 0 Å². The molecule has 1 aliphatic carbocycles. The van der Waals surface area contributed by atoms with Gasteiger partial charge in [0.2, 0.25) is 0 Å². The van der Waals surface area contributed by atoms with Crippen LogP contribution < -0.4 is 10.4 Å². The molecule has 1 amide bonds. The second-order valence-electron chi connectivity index (χ2n) is 9.86. The number of likely N-dealkylation sites (tertiary alicyclic amines) is 1. The first-order chi connectivity index (χ1) is 15.7. The number of carbonyl (C=O) groups is 1. The summed E-state index contributed by atoms with van der Waals surface area (Å²) >= 11 is 18.8. The molecule has 3 aliphatic rings. The summed E-state index contributed by atoms with van der Waals surface area (Å²) in [5.74, 6) is 1.16. The molecular weight excluding hydrogens is 479 g/mol. The lowest BCUT2D eigenvalue weighted by Crippen LogP contribution is -2.58. The second kappa shape index (κ2) is 8.77. The number of hydrazone groups is 1. The Morgan fingerprint density at radius 1 is 1.03 bits per heavy atom. The van der Waals surface area contributed by atoms with Crippen molar-refractivity contribution in [1.82, 2.24) is 5.43 Å². The van der Waals surface area contributed by atoms with E-state index in [-0.39, 0.29) is 17.9 Å². The van der Waals surface area contributed by atoms with Gasteiger partial charge in [0.05, 0.1) is 23.8 Å². The second-order valence-corrected chi connectivity index (χ2v) is 11.1. The summed E-state index contributed by atoms with van der Waals surface area (Å²) in [6.45, 7) is 4.02. The van der Waals surface area contributed by atoms with Crippen molar-refractivity contribution in [2.45, 2.75) is 32.2 Å². The smallest absolute Gasteiger partial charge is 0.263 e. The number of nitrogens with zero attached hydrogens (tertiary/aromatic N) is 3. The number of carbonyl (C=O) groups excluding carboxylic acids is 1. The molecule has 8 heteroatoms. The lowest BCUT2D eigenvalue weighted by molar-refractivity contribution is -0.934. The summed E-state index contributed by atoms with van der Waals surface area (Å²) in [4.78, 5) is 13.5. The summed E-state index contributed by atoms with van der Waals surface area (Å²) < 4.78 is 0.577. The molecule has 0 spiro atoms. The van der Waals surface area contributed by atoms with Crippen LogP contribution in [0.25, 0.3) is 0 Å². The van der Waals surface area contributed by atoms with Crippen molar-refractivity contribution < 1.29 is 9.39 Å². The van der Waals surface area contributed by atoms with Gasteiger partial charge in [0.1, 0.15) is 18.8 Å². The molecule has 1 saturated carbocycles. The van der Waals surface area contributed by atoms with Gasteiger partial charge in [-0.05, 0) is 48.7 Å². The maximum Gasteiger partial charge on any atom is 0.312 e. The predicted octanol–water partition coefficient (Wildman–Crippen LogP) is 6.11. The minimum absolute atomic E-state index is 0.114. The highest BCUT2D eigenvalue weighted by atomic mass is 35.5. The fourth-order valence-electron chi connectivity index (χ4n) is 5.94. The third-order valence-corrected chi connectivity index (χ3v) is 8.24. The number of benzene rings is 2. The molecule has 1 N–H and O–H groups in total. The molecule has 5 rings (SSSR count). The van der Waals surface area contributed by atoms with E-state index in [1.54, 1.807) is 12.1 Å². The van der Waals surface area contributed by atoms with E-state index in [0.717, 1.165) is 18.7 Å². The van der Waals surface area contributed by atoms with Gasteiger partial charge in [-0.3, -0.25) is 9.80 Å². The molecule has 0 radical (unpaired) electrons. The van der Waals surface area contributed by atoms with E-state index in [2.05, 4.69) is 12.5 Å². The molecule has 0 bridgehead atoms. The topological polar surface area (TPSA) is 44.7 Å². The number of amides is 1. The summed E-state index contributed by atoms with van der Waals surface area (Å²) in [6.07, 6.45) is 3.85. The Kier molecular flexibility index (Phi) is 6.11. The molecule has 5 nitrogen and oxygen atoms in total. The minimum atomic E-state index is -0.190. The van der Waals surface area contributed by atoms with Gasteiger partial charge in [-0.2, -0.15) is 10.5 Å². The van der Waals surface area contributed by atoms with Gasteiger partial charge in [0.25, 0.3) is 0 Å². The molecular formula is C25H28Cl3N4O+. The first-order valence-electron chi connectivity index (χ1n) is 11.5. The number of anilines is 1. The Balaban J connectivity index is 1.46. The van der Waals surface area contributed by atoms with Gasteiger partial charge in [0, 0.05) is 27.8 Å². The van der Waals surface area contributed by atoms with Gasteiger partial charge in [0.15, 0.2) is 0 Å². The van der Waals surface area contributed by atoms with Crippen LogP contribution in [-0.2, 0) is 4.79 Å². The van der Waals surface area contributed by atoms with Crippen LogP contribution >= 0.6 is 34.8 Å². The number of quaternary nitrogens is 1. The van der Waals surface area contributed by atoms with Gasteiger partial charge in [-0.1, -0.05) is 60.3 Å². The van der Waals surface area contributed by atoms with Gasteiger partial charge >= 0.3 is 5.91 Å². The molecule has 0 aromatic heterocycles. The van der Waals surface area contributed by atoms with Crippen molar-refractivity contribution in [1.29, 1.82) is 0 Å². The summed E-state index contributed by atoms with van der Waals surface area (Å²) in [5.41, 5.74) is 5.54. The lowest BCUT2D eigenvalue weighted by Gasteiger charge is -2.30. The van der Waals surface area contributed by atoms with E-state index in [1.165, 1.54) is 19.3 Å². The van der Waals surface area contributed by atoms with E-state index < -0.39 is 0 Å². The quantitative estimate of drug-likeness (QED) is 0.509. The van der Waals surface area contributed by atoms with Crippen LogP contribution in [-0.4, -0.2) is 36.3 Å². The summed E-state index contributed by atoms with van der Waals surface area (Å²) in [7, 11) is 2.13. The standard InChI is InChI=1S/C25H27Cl3N4O/c1-15-23(25(33)30-32(2)13-17-4-3-5-18(17)14-32)29-31(22-11-10-20(27)12-21(22)28)24(15)16-6-8-19(26)9-7-16/h6-12,15,17-18,24H,3-5,13-14H2,1-2H3/p+1/t15-,17?,18?,24-,32?/m1/s1. The first kappa shape index (κ1) is 23.0. The van der Waals surface area contributed by atoms with E-state index >= 15 is 0 Å². The average molecular weight is 507 g/mol. The fraction of sp³-hybridized carbons (Fsp3) is 0.440. The van der Waals surface area contributed by atoms with Crippen LogP contribution in [0.15, 0.2) is 47.6 Å². The summed E-state index contributed by atoms with van der Waals surface area (Å²) in [5, 5.41) is 8.38. The third-order valence-electron chi connectivity index (χ3n) is 7.45. The highest BCUT2D eigenvalue weighted by Gasteiger charge is 2.48. The highest BCUT2D eigenvalue weighted by molar-refractivity contribution is 6.40. The number of nitrogens with one attached hydrogen (secondary N) is 1. The van der Waals surface area contributed by atoms with Crippen molar-refractivity contribution >= 4 is 52.1 Å². The normalized spacial score (nSPS) is 30.9. The monoisotopic (exact) mass is 505 g/mol. The number of hydrogen-bond donors (Lipinski definition) is 1. The number of rotatable bonds is 4. The number of halogens is 3. The predicted molar refractivity (Wildman–Crippen MR) is 135 cm³/mol. The van der Waals surface area contributed by atoms with E-state index in [0.29, 0.717) is 42.9 Å². The van der Waals surface area contributed by atoms with E-state index in [4.69, 9.17) is 39.9 Å². The van der Waals surface area contributed by atoms with Crippen molar-refractivity contribution in [3.8, 4) is 0 Å². The fourth-order valence-corrected chi connectivity index (χ4v) is 6.56. The average Bonchev–Trinajstić information content (AvgIpc) is 3.40. The number of fused-ring (bicyclic) bond motifs is 1.